The standard InChI is InChI=1S/C13H14BrF2N3O.ClH/c1-20-11-5-10-8(4-9(11)14)6-19(18-10)12-2-3-17-7-13(12,15)16;/h4-6,12,17H,2-3,7H2,1H3;1H. The molecule has 1 aromatic carbocycles. The summed E-state index contributed by atoms with van der Waals surface area (Å²) in [5.41, 5.74) is 0.652. The molecule has 3 rings (SSSR count). The van der Waals surface area contributed by atoms with Crippen LogP contribution in [0.5, 0.6) is 5.75 Å². The lowest BCUT2D eigenvalue weighted by molar-refractivity contribution is -0.0695. The molecular weight excluding hydrogens is 368 g/mol. The number of piperidine rings is 1. The van der Waals surface area contributed by atoms with E-state index < -0.39 is 12.0 Å². The normalized spacial score (nSPS) is 21.0. The fourth-order valence-electron chi connectivity index (χ4n) is 2.51. The van der Waals surface area contributed by atoms with Crippen molar-refractivity contribution in [3.63, 3.8) is 0 Å². The number of nitrogens with zero attached hydrogens (tertiary/aromatic N) is 2. The van der Waals surface area contributed by atoms with E-state index in [1.54, 1.807) is 19.4 Å². The van der Waals surface area contributed by atoms with Crippen LogP contribution in [0.4, 0.5) is 8.78 Å². The Morgan fingerprint density at radius 2 is 2.24 bits per heavy atom. The molecule has 0 amide bonds. The van der Waals surface area contributed by atoms with Gasteiger partial charge in [0.2, 0.25) is 0 Å². The van der Waals surface area contributed by atoms with Gasteiger partial charge in [-0.1, -0.05) is 0 Å². The molecule has 116 valence electrons. The van der Waals surface area contributed by atoms with Gasteiger partial charge in [-0.2, -0.15) is 5.10 Å². The summed E-state index contributed by atoms with van der Waals surface area (Å²) < 4.78 is 35.3. The first-order valence-electron chi connectivity index (χ1n) is 6.32. The van der Waals surface area contributed by atoms with Gasteiger partial charge in [0, 0.05) is 17.6 Å². The summed E-state index contributed by atoms with van der Waals surface area (Å²) in [6.45, 7) is 0.268. The maximum Gasteiger partial charge on any atom is 0.282 e. The van der Waals surface area contributed by atoms with E-state index in [1.165, 1.54) is 4.68 Å². The minimum Gasteiger partial charge on any atom is -0.495 e. The Morgan fingerprint density at radius 1 is 1.48 bits per heavy atom. The fourth-order valence-corrected chi connectivity index (χ4v) is 3.03. The highest BCUT2D eigenvalue weighted by atomic mass is 79.9. The van der Waals surface area contributed by atoms with Crippen LogP contribution in [-0.2, 0) is 0 Å². The van der Waals surface area contributed by atoms with Crippen LogP contribution in [0.2, 0.25) is 0 Å². The Bertz CT molecular complexity index is 650. The van der Waals surface area contributed by atoms with Crippen LogP contribution in [-0.4, -0.2) is 35.9 Å². The second kappa shape index (κ2) is 6.06. The zero-order valence-electron chi connectivity index (χ0n) is 11.3. The lowest BCUT2D eigenvalue weighted by atomic mass is 10.0. The van der Waals surface area contributed by atoms with Crippen molar-refractivity contribution >= 4 is 39.2 Å². The van der Waals surface area contributed by atoms with E-state index in [9.17, 15) is 8.78 Å². The van der Waals surface area contributed by atoms with Crippen LogP contribution in [0.15, 0.2) is 22.8 Å². The van der Waals surface area contributed by atoms with Gasteiger partial charge in [-0.15, -0.1) is 12.4 Å². The fraction of sp³-hybridized carbons (Fsp3) is 0.462. The third-order valence-electron chi connectivity index (χ3n) is 3.56. The molecule has 21 heavy (non-hydrogen) atoms. The van der Waals surface area contributed by atoms with Gasteiger partial charge in [-0.25, -0.2) is 8.78 Å². The number of hydrogen-bond acceptors (Lipinski definition) is 3. The van der Waals surface area contributed by atoms with Gasteiger partial charge < -0.3 is 10.1 Å². The van der Waals surface area contributed by atoms with Crippen LogP contribution in [0, 0.1) is 0 Å². The quantitative estimate of drug-likeness (QED) is 0.865. The van der Waals surface area contributed by atoms with Crippen molar-refractivity contribution in [1.82, 2.24) is 15.1 Å². The summed E-state index contributed by atoms with van der Waals surface area (Å²) in [5, 5.41) is 7.82. The van der Waals surface area contributed by atoms with E-state index in [0.29, 0.717) is 24.2 Å². The Labute approximate surface area is 135 Å². The second-order valence-electron chi connectivity index (χ2n) is 4.90. The van der Waals surface area contributed by atoms with Gasteiger partial charge >= 0.3 is 0 Å². The minimum atomic E-state index is -2.79. The lowest BCUT2D eigenvalue weighted by Crippen LogP contribution is -2.47. The summed E-state index contributed by atoms with van der Waals surface area (Å²) in [4.78, 5) is 0. The number of nitrogens with one attached hydrogen (secondary N) is 1. The molecule has 2 aromatic rings. The molecule has 0 saturated carbocycles. The number of methoxy groups -OCH3 is 1. The Balaban J connectivity index is 0.00000161. The van der Waals surface area contributed by atoms with Crippen molar-refractivity contribution in [2.24, 2.45) is 0 Å². The molecule has 1 aliphatic heterocycles. The van der Waals surface area contributed by atoms with Crippen molar-refractivity contribution in [2.75, 3.05) is 20.2 Å². The van der Waals surface area contributed by atoms with E-state index in [2.05, 4.69) is 26.3 Å². The van der Waals surface area contributed by atoms with Crippen LogP contribution in [0.3, 0.4) is 0 Å². The monoisotopic (exact) mass is 381 g/mol. The van der Waals surface area contributed by atoms with E-state index in [-0.39, 0.29) is 19.0 Å². The van der Waals surface area contributed by atoms with Crippen LogP contribution in [0.1, 0.15) is 12.5 Å². The zero-order valence-corrected chi connectivity index (χ0v) is 13.7. The number of aromatic nitrogens is 2. The van der Waals surface area contributed by atoms with Crippen molar-refractivity contribution in [1.29, 1.82) is 0 Å². The predicted octanol–water partition coefficient (Wildman–Crippen LogP) is 3.40. The number of rotatable bonds is 2. The zero-order chi connectivity index (χ0) is 14.3. The minimum absolute atomic E-state index is 0. The van der Waals surface area contributed by atoms with Crippen molar-refractivity contribution in [3.8, 4) is 5.75 Å². The molecule has 1 N–H and O–H groups in total. The highest BCUT2D eigenvalue weighted by Gasteiger charge is 2.43. The van der Waals surface area contributed by atoms with E-state index in [4.69, 9.17) is 4.74 Å². The molecule has 1 saturated heterocycles. The van der Waals surface area contributed by atoms with Crippen molar-refractivity contribution < 1.29 is 13.5 Å². The molecule has 8 heteroatoms. The van der Waals surface area contributed by atoms with Crippen LogP contribution >= 0.6 is 28.3 Å². The maximum atomic E-state index is 14.0. The smallest absolute Gasteiger partial charge is 0.282 e. The third-order valence-corrected chi connectivity index (χ3v) is 4.18. The molecule has 1 fully saturated rings. The first-order chi connectivity index (χ1) is 9.51. The van der Waals surface area contributed by atoms with Gasteiger partial charge in [0.05, 0.1) is 23.6 Å². The molecule has 2 heterocycles. The number of halogens is 4. The van der Waals surface area contributed by atoms with Crippen molar-refractivity contribution in [2.45, 2.75) is 18.4 Å². The Kier molecular flexibility index (Phi) is 4.75. The SMILES string of the molecule is COc1cc2nn(C3CCNCC3(F)F)cc2cc1Br.Cl. The second-order valence-corrected chi connectivity index (χ2v) is 5.75. The molecule has 4 nitrogen and oxygen atoms in total. The average Bonchev–Trinajstić information content (AvgIpc) is 2.79. The number of alkyl halides is 2. The molecule has 0 spiro atoms. The molecule has 0 aliphatic carbocycles. The highest BCUT2D eigenvalue weighted by Crippen LogP contribution is 2.35. The molecule has 1 unspecified atom stereocenters. The molecule has 1 atom stereocenters. The Hall–Kier alpha value is -0.920. The molecule has 1 aromatic heterocycles. The topological polar surface area (TPSA) is 39.1 Å². The maximum absolute atomic E-state index is 14.0. The number of fused-ring (bicyclic) bond motifs is 1. The van der Waals surface area contributed by atoms with E-state index in [1.807, 2.05) is 6.07 Å². The highest BCUT2D eigenvalue weighted by molar-refractivity contribution is 9.10. The number of hydrogen-bond donors (Lipinski definition) is 1. The first kappa shape index (κ1) is 16.5. The van der Waals surface area contributed by atoms with E-state index in [0.717, 1.165) is 9.86 Å². The molecule has 0 bridgehead atoms. The summed E-state index contributed by atoms with van der Waals surface area (Å²) >= 11 is 3.39. The van der Waals surface area contributed by atoms with Crippen molar-refractivity contribution in [3.05, 3.63) is 22.8 Å². The summed E-state index contributed by atoms with van der Waals surface area (Å²) in [6, 6.07) is 2.67. The largest absolute Gasteiger partial charge is 0.495 e. The molecular formula is C13H15BrClF2N3O. The molecule has 0 radical (unpaired) electrons. The average molecular weight is 383 g/mol. The summed E-state index contributed by atoms with van der Waals surface area (Å²) in [7, 11) is 1.56. The van der Waals surface area contributed by atoms with Gasteiger partial charge in [0.25, 0.3) is 5.92 Å². The first-order valence-corrected chi connectivity index (χ1v) is 7.11. The number of benzene rings is 1. The van der Waals surface area contributed by atoms with Gasteiger partial charge in [-0.3, -0.25) is 4.68 Å². The van der Waals surface area contributed by atoms with Gasteiger partial charge in [-0.05, 0) is 35.0 Å². The third kappa shape index (κ3) is 3.00. The van der Waals surface area contributed by atoms with Gasteiger partial charge in [0.1, 0.15) is 11.8 Å². The van der Waals surface area contributed by atoms with E-state index >= 15 is 0 Å². The number of ether oxygens (including phenoxy) is 1. The molecule has 1 aliphatic rings. The lowest BCUT2D eigenvalue weighted by Gasteiger charge is -2.31. The van der Waals surface area contributed by atoms with Crippen LogP contribution < -0.4 is 10.1 Å². The summed E-state index contributed by atoms with van der Waals surface area (Å²) in [6.07, 6.45) is 2.03. The van der Waals surface area contributed by atoms with Gasteiger partial charge in [0.15, 0.2) is 0 Å². The summed E-state index contributed by atoms with van der Waals surface area (Å²) in [5.74, 6) is -2.15. The van der Waals surface area contributed by atoms with Crippen LogP contribution in [0.25, 0.3) is 10.9 Å². The predicted molar refractivity (Wildman–Crippen MR) is 82.7 cm³/mol. The Morgan fingerprint density at radius 3 is 2.90 bits per heavy atom.